The first-order valence-corrected chi connectivity index (χ1v) is 27.3. The summed E-state index contributed by atoms with van der Waals surface area (Å²) < 4.78 is 23.8. The second-order valence-corrected chi connectivity index (χ2v) is 21.8. The number of carbonyl (C=O) groups excluding carboxylic acids is 3. The number of imide groups is 1. The third-order valence-corrected chi connectivity index (χ3v) is 14.8. The van der Waals surface area contributed by atoms with Gasteiger partial charge in [0, 0.05) is 37.6 Å². The van der Waals surface area contributed by atoms with Crippen molar-refractivity contribution in [1.29, 1.82) is 0 Å². The number of amides is 2. The van der Waals surface area contributed by atoms with Gasteiger partial charge in [0.05, 0.1) is 92.1 Å². The monoisotopic (exact) mass is 1110 g/mol. The highest BCUT2D eigenvalue weighted by Gasteiger charge is 2.52. The normalized spacial score (nSPS) is 41.8. The first kappa shape index (κ1) is 66.4. The number of aliphatic carboxylic acids is 1. The van der Waals surface area contributed by atoms with Crippen LogP contribution in [-0.4, -0.2) is 220 Å². The molecule has 0 saturated carbocycles. The number of aliphatic hydroxyl groups excluding tert-OH is 9. The van der Waals surface area contributed by atoms with Gasteiger partial charge in [-0.1, -0.05) is 86.8 Å². The Morgan fingerprint density at radius 2 is 1.35 bits per heavy atom. The number of carbonyl (C=O) groups is 4. The largest absolute Gasteiger partial charge is 0.481 e. The summed E-state index contributed by atoms with van der Waals surface area (Å²) in [5.41, 5.74) is 0. The Kier molecular flexibility index (Phi) is 27.6. The molecule has 442 valence electrons. The van der Waals surface area contributed by atoms with Crippen LogP contribution in [0.4, 0.5) is 0 Å². The van der Waals surface area contributed by atoms with Gasteiger partial charge in [0.2, 0.25) is 11.8 Å². The molecule has 0 aromatic rings. The van der Waals surface area contributed by atoms with Crippen molar-refractivity contribution in [2.75, 3.05) is 27.2 Å². The minimum absolute atomic E-state index is 0.168. The average molecular weight is 1110 g/mol. The topological polar surface area (TPSA) is 346 Å². The number of nitrogens with one attached hydrogen (secondary N) is 1. The van der Waals surface area contributed by atoms with Crippen LogP contribution in [0.1, 0.15) is 105 Å². The summed E-state index contributed by atoms with van der Waals surface area (Å²) in [5.74, 6) is -7.99. The van der Waals surface area contributed by atoms with Gasteiger partial charge in [-0.15, -0.1) is 0 Å². The molecule has 12 N–H and O–H groups in total. The van der Waals surface area contributed by atoms with Crippen LogP contribution in [0.25, 0.3) is 0 Å². The Hall–Kier alpha value is -4.08. The number of allylic oxidation sites excluding steroid dienone is 10. The third-order valence-electron chi connectivity index (χ3n) is 14.8. The lowest BCUT2D eigenvalue weighted by molar-refractivity contribution is -0.310. The molecule has 4 aliphatic heterocycles. The maximum Gasteiger partial charge on any atom is 0.311 e. The summed E-state index contributed by atoms with van der Waals surface area (Å²) in [4.78, 5) is 54.9. The first-order chi connectivity index (χ1) is 36.8. The second kappa shape index (κ2) is 32.4. The van der Waals surface area contributed by atoms with E-state index in [1.807, 2.05) is 62.4 Å². The highest BCUT2D eigenvalue weighted by Crippen LogP contribution is 2.38. The van der Waals surface area contributed by atoms with E-state index in [4.69, 9.17) is 18.9 Å². The van der Waals surface area contributed by atoms with Gasteiger partial charge in [-0.05, 0) is 79.4 Å². The number of ether oxygens (including phenoxy) is 4. The average Bonchev–Trinajstić information content (AvgIpc) is 3.66. The lowest BCUT2D eigenvalue weighted by atomic mass is 9.82. The van der Waals surface area contributed by atoms with E-state index < -0.39 is 165 Å². The molecule has 2 bridgehead atoms. The van der Waals surface area contributed by atoms with Crippen LogP contribution in [-0.2, 0) is 38.1 Å². The number of rotatable bonds is 9. The lowest BCUT2D eigenvalue weighted by Crippen LogP contribution is -2.65. The molecule has 0 aliphatic carbocycles. The Bertz CT molecular complexity index is 2070. The van der Waals surface area contributed by atoms with Crippen LogP contribution in [0.3, 0.4) is 0 Å². The fourth-order valence-electron chi connectivity index (χ4n) is 10.1. The summed E-state index contributed by atoms with van der Waals surface area (Å²) in [5, 5.41) is 124. The molecule has 3 saturated heterocycles. The van der Waals surface area contributed by atoms with Gasteiger partial charge in [-0.2, -0.15) is 0 Å². The molecule has 20 atom stereocenters. The molecular formula is C56H89N3O19. The minimum atomic E-state index is -2.42. The molecule has 22 nitrogen and oxygen atoms in total. The molecule has 4 heterocycles. The molecule has 0 aromatic carbocycles. The number of carboxylic acid groups (broad SMARTS) is 1. The molecule has 1 unspecified atom stereocenters. The van der Waals surface area contributed by atoms with Crippen molar-refractivity contribution < 1.29 is 94.3 Å². The maximum atomic E-state index is 13.4. The number of esters is 1. The molecule has 2 amide bonds. The Morgan fingerprint density at radius 3 is 2.01 bits per heavy atom. The second-order valence-electron chi connectivity index (χ2n) is 21.8. The van der Waals surface area contributed by atoms with E-state index in [2.05, 4.69) is 5.32 Å². The zero-order valence-electron chi connectivity index (χ0n) is 45.9. The van der Waals surface area contributed by atoms with E-state index in [1.165, 1.54) is 13.0 Å². The van der Waals surface area contributed by atoms with E-state index >= 15 is 0 Å². The first-order valence-electron chi connectivity index (χ1n) is 27.3. The minimum Gasteiger partial charge on any atom is -0.481 e. The van der Waals surface area contributed by atoms with E-state index in [0.717, 1.165) is 17.7 Å². The molecular weight excluding hydrogens is 1020 g/mol. The number of likely N-dealkylation sites (tertiary alicyclic amines) is 1. The standard InChI is InChI=1S/C56H89N3O19/c1-33-20-17-15-13-11-9-7-8-10-12-14-16-18-21-40(77-55-52(70)49(51(69)36(4)76-55)57-41-30-46(66)59(53(41)71)25-19-24-58(5)6)29-45-48(54(72)73)44(65)32-56(74,78-45)31-43(64)42(63)23-22-37(60)26-38(61)27-39(62)28-47(67)75-35(3)34(2)50(33)68/h7-8,10,12-18,20-21,33-45,48-52,55,57,60-65,68-70,74H,9,11,19,22-32H2,1-6H3,(H,72,73)/b8-7+,12-10+,15-13+,16-14+,20-17+,21-18+/t33-,34-,35-,36+,37+,38+,39+,40-,41?,42+,43+,44-,45-,48+,49-,50+,51+,52-,55+,56+/m0/s1. The van der Waals surface area contributed by atoms with Crippen molar-refractivity contribution in [2.45, 2.75) is 208 Å². The highest BCUT2D eigenvalue weighted by molar-refractivity contribution is 6.05. The number of fused-ring (bicyclic) bond motifs is 2. The molecule has 22 heteroatoms. The van der Waals surface area contributed by atoms with Crippen molar-refractivity contribution in [3.63, 3.8) is 0 Å². The van der Waals surface area contributed by atoms with Crippen molar-refractivity contribution in [2.24, 2.45) is 17.8 Å². The maximum absolute atomic E-state index is 13.4. The van der Waals surface area contributed by atoms with Crippen molar-refractivity contribution in [1.82, 2.24) is 15.1 Å². The number of aliphatic hydroxyl groups is 10. The van der Waals surface area contributed by atoms with Crippen molar-refractivity contribution in [3.05, 3.63) is 72.9 Å². The van der Waals surface area contributed by atoms with Gasteiger partial charge >= 0.3 is 11.9 Å². The Morgan fingerprint density at radius 1 is 0.731 bits per heavy atom. The predicted molar refractivity (Wildman–Crippen MR) is 284 cm³/mol. The molecule has 4 rings (SSSR count). The predicted octanol–water partition coefficient (Wildman–Crippen LogP) is 0.646. The Labute approximate surface area is 458 Å². The van der Waals surface area contributed by atoms with Gasteiger partial charge < -0.3 is 80.0 Å². The molecule has 0 spiro atoms. The summed E-state index contributed by atoms with van der Waals surface area (Å²) in [7, 11) is 3.73. The van der Waals surface area contributed by atoms with Crippen LogP contribution >= 0.6 is 0 Å². The van der Waals surface area contributed by atoms with Crippen molar-refractivity contribution >= 4 is 23.8 Å². The van der Waals surface area contributed by atoms with Crippen LogP contribution in [0.5, 0.6) is 0 Å². The van der Waals surface area contributed by atoms with E-state index in [9.17, 15) is 75.3 Å². The summed E-state index contributed by atoms with van der Waals surface area (Å²) in [6.07, 6.45) is 0.866. The van der Waals surface area contributed by atoms with Gasteiger partial charge in [0.25, 0.3) is 0 Å². The number of nitrogens with zero attached hydrogens (tertiary/aromatic N) is 2. The molecule has 3 fully saturated rings. The summed E-state index contributed by atoms with van der Waals surface area (Å²) in [6, 6.07) is -2.33. The smallest absolute Gasteiger partial charge is 0.311 e. The van der Waals surface area contributed by atoms with Crippen LogP contribution in [0, 0.1) is 17.8 Å². The van der Waals surface area contributed by atoms with Gasteiger partial charge in [-0.3, -0.25) is 29.4 Å². The molecule has 0 radical (unpaired) electrons. The van der Waals surface area contributed by atoms with E-state index in [0.29, 0.717) is 13.0 Å². The Balaban J connectivity index is 1.58. The number of hydrogen-bond donors (Lipinski definition) is 12. The van der Waals surface area contributed by atoms with Gasteiger partial charge in [-0.25, -0.2) is 0 Å². The summed E-state index contributed by atoms with van der Waals surface area (Å²) in [6.45, 7) is 7.55. The molecule has 78 heavy (non-hydrogen) atoms. The van der Waals surface area contributed by atoms with E-state index in [-0.39, 0.29) is 44.6 Å². The van der Waals surface area contributed by atoms with Crippen LogP contribution in [0.2, 0.25) is 0 Å². The third kappa shape index (κ3) is 21.1. The number of hydrogen-bond acceptors (Lipinski definition) is 20. The number of cyclic esters (lactones) is 1. The SMILES string of the molecule is C[C@@H]1[C@H](O)[C@@H](C)/C=C/C=C/CC/C=C/C=C/C=C/C=C/[C@H](O[C@H]2O[C@H](C)[C@@H](O)[C@H](NC3CC(=O)N(CCCN(C)C)C3=O)[C@@H]2O)C[C@@H]2O[C@](O)(C[C@@H](O)[C@H](O)CC[C@@H](O)C[C@@H](O)C[C@@H](O)CC(=O)O[C@H]1C)C[C@H](O)[C@H]2C(=O)O. The van der Waals surface area contributed by atoms with Crippen LogP contribution < -0.4 is 5.32 Å². The van der Waals surface area contributed by atoms with Gasteiger partial charge in [0.15, 0.2) is 12.1 Å². The fraction of sp³-hybridized carbons (Fsp3) is 0.714. The quantitative estimate of drug-likeness (QED) is 0.111. The zero-order valence-corrected chi connectivity index (χ0v) is 45.9. The van der Waals surface area contributed by atoms with Crippen molar-refractivity contribution in [3.8, 4) is 0 Å². The number of carboxylic acids is 1. The zero-order chi connectivity index (χ0) is 57.9. The fourth-order valence-corrected chi connectivity index (χ4v) is 10.1. The molecule has 0 aromatic heterocycles. The van der Waals surface area contributed by atoms with E-state index in [1.54, 1.807) is 44.2 Å². The highest BCUT2D eigenvalue weighted by atomic mass is 16.7. The lowest BCUT2D eigenvalue weighted by Gasteiger charge is -2.46. The van der Waals surface area contributed by atoms with Gasteiger partial charge in [0.1, 0.15) is 18.1 Å². The molecule has 4 aliphatic rings. The summed E-state index contributed by atoms with van der Waals surface area (Å²) >= 11 is 0. The van der Waals surface area contributed by atoms with Crippen LogP contribution in [0.15, 0.2) is 72.9 Å².